The van der Waals surface area contributed by atoms with E-state index in [1.54, 1.807) is 6.07 Å². The van der Waals surface area contributed by atoms with E-state index in [2.05, 4.69) is 21.2 Å². The van der Waals surface area contributed by atoms with Gasteiger partial charge < -0.3 is 10.4 Å². The van der Waals surface area contributed by atoms with Gasteiger partial charge in [-0.2, -0.15) is 5.26 Å². The van der Waals surface area contributed by atoms with Gasteiger partial charge in [0.1, 0.15) is 11.6 Å². The number of carbonyl (C=O) groups excluding carboxylic acids is 1. The molecular weight excluding hydrogens is 368 g/mol. The van der Waals surface area contributed by atoms with Crippen LogP contribution < -0.4 is 5.32 Å². The van der Waals surface area contributed by atoms with Gasteiger partial charge in [-0.3, -0.25) is 4.79 Å². The Bertz CT molecular complexity index is 788. The Hall–Kier alpha value is -2.43. The van der Waals surface area contributed by atoms with Crippen molar-refractivity contribution in [3.63, 3.8) is 0 Å². The van der Waals surface area contributed by atoms with Gasteiger partial charge in [-0.1, -0.05) is 0 Å². The minimum absolute atomic E-state index is 0.0309. The first kappa shape index (κ1) is 15.9. The molecule has 0 spiro atoms. The molecule has 2 aromatic rings. The number of hydrogen-bond donors (Lipinski definition) is 2. The molecule has 110 valence electrons. The van der Waals surface area contributed by atoms with Crippen molar-refractivity contribution >= 4 is 50.9 Å². The molecule has 0 aliphatic carbocycles. The van der Waals surface area contributed by atoms with Gasteiger partial charge >= 0.3 is 5.97 Å². The van der Waals surface area contributed by atoms with Crippen LogP contribution in [0.5, 0.6) is 0 Å². The second-order valence-corrected chi connectivity index (χ2v) is 6.64. The Kier molecular flexibility index (Phi) is 5.09. The summed E-state index contributed by atoms with van der Waals surface area (Å²) in [5, 5.41) is 20.5. The van der Waals surface area contributed by atoms with E-state index < -0.39 is 11.9 Å². The number of aromatic carboxylic acids is 1. The molecule has 0 aliphatic rings. The van der Waals surface area contributed by atoms with Gasteiger partial charge in [-0.05, 0) is 58.4 Å². The molecule has 1 aromatic carbocycles. The minimum atomic E-state index is -1.04. The van der Waals surface area contributed by atoms with Crippen LogP contribution in [0.2, 0.25) is 0 Å². The van der Waals surface area contributed by atoms with E-state index in [1.165, 1.54) is 41.7 Å². The molecule has 7 heteroatoms. The normalized spacial score (nSPS) is 10.8. The molecule has 0 unspecified atom stereocenters. The smallest absolute Gasteiger partial charge is 0.335 e. The van der Waals surface area contributed by atoms with Crippen LogP contribution in [0.4, 0.5) is 5.69 Å². The van der Waals surface area contributed by atoms with Crippen molar-refractivity contribution < 1.29 is 14.7 Å². The monoisotopic (exact) mass is 376 g/mol. The highest BCUT2D eigenvalue weighted by molar-refractivity contribution is 9.11. The Morgan fingerprint density at radius 3 is 2.41 bits per heavy atom. The summed E-state index contributed by atoms with van der Waals surface area (Å²) in [6.07, 6.45) is 1.50. The maximum absolute atomic E-state index is 12.0. The first-order valence-electron chi connectivity index (χ1n) is 6.01. The molecular formula is C15H9BrN2O3S. The second-order valence-electron chi connectivity index (χ2n) is 4.15. The summed E-state index contributed by atoms with van der Waals surface area (Å²) in [5.41, 5.74) is 0.512. The van der Waals surface area contributed by atoms with Crippen LogP contribution in [-0.4, -0.2) is 17.0 Å². The van der Waals surface area contributed by atoms with Crippen molar-refractivity contribution in [1.29, 1.82) is 5.26 Å². The quantitative estimate of drug-likeness (QED) is 0.627. The zero-order valence-corrected chi connectivity index (χ0v) is 13.4. The summed E-state index contributed by atoms with van der Waals surface area (Å²) in [5.74, 6) is -1.59. The average molecular weight is 377 g/mol. The number of carboxylic acid groups (broad SMARTS) is 1. The molecule has 0 fully saturated rings. The third-order valence-corrected chi connectivity index (χ3v) is 4.21. The molecule has 2 N–H and O–H groups in total. The predicted octanol–water partition coefficient (Wildman–Crippen LogP) is 3.75. The number of nitrogens with zero attached hydrogens (tertiary/aromatic N) is 1. The first-order valence-corrected chi connectivity index (χ1v) is 7.62. The van der Waals surface area contributed by atoms with E-state index in [0.717, 1.165) is 8.66 Å². The fourth-order valence-corrected chi connectivity index (χ4v) is 2.96. The van der Waals surface area contributed by atoms with Crippen LogP contribution in [-0.2, 0) is 4.79 Å². The largest absolute Gasteiger partial charge is 0.478 e. The maximum atomic E-state index is 12.0. The van der Waals surface area contributed by atoms with Crippen molar-refractivity contribution in [3.05, 3.63) is 56.2 Å². The summed E-state index contributed by atoms with van der Waals surface area (Å²) in [7, 11) is 0. The predicted molar refractivity (Wildman–Crippen MR) is 87.6 cm³/mol. The number of nitriles is 1. The Balaban J connectivity index is 2.14. The van der Waals surface area contributed by atoms with Crippen molar-refractivity contribution in [1.82, 2.24) is 0 Å². The fourth-order valence-electron chi connectivity index (χ4n) is 1.59. The lowest BCUT2D eigenvalue weighted by atomic mass is 10.2. The molecule has 2 rings (SSSR count). The molecule has 1 aromatic heterocycles. The highest BCUT2D eigenvalue weighted by Gasteiger charge is 2.11. The third-order valence-electron chi connectivity index (χ3n) is 2.64. The van der Waals surface area contributed by atoms with Crippen LogP contribution in [0.3, 0.4) is 0 Å². The van der Waals surface area contributed by atoms with Gasteiger partial charge in [0.15, 0.2) is 0 Å². The number of hydrogen-bond acceptors (Lipinski definition) is 4. The Morgan fingerprint density at radius 1 is 1.23 bits per heavy atom. The van der Waals surface area contributed by atoms with E-state index in [1.807, 2.05) is 12.1 Å². The van der Waals surface area contributed by atoms with Gasteiger partial charge in [0.05, 0.1) is 9.35 Å². The fraction of sp³-hybridized carbons (Fsp3) is 0. The highest BCUT2D eigenvalue weighted by atomic mass is 79.9. The number of carbonyl (C=O) groups is 2. The number of nitrogens with one attached hydrogen (secondary N) is 1. The summed E-state index contributed by atoms with van der Waals surface area (Å²) in [6, 6.07) is 11.2. The van der Waals surface area contributed by atoms with Gasteiger partial charge in [0.2, 0.25) is 0 Å². The summed E-state index contributed by atoms with van der Waals surface area (Å²) < 4.78 is 0.903. The molecule has 5 nitrogen and oxygen atoms in total. The molecule has 22 heavy (non-hydrogen) atoms. The van der Waals surface area contributed by atoms with E-state index >= 15 is 0 Å². The minimum Gasteiger partial charge on any atom is -0.478 e. The molecule has 0 atom stereocenters. The molecule has 0 radical (unpaired) electrons. The topological polar surface area (TPSA) is 90.2 Å². The van der Waals surface area contributed by atoms with E-state index in [9.17, 15) is 9.59 Å². The lowest BCUT2D eigenvalue weighted by molar-refractivity contribution is -0.112. The standard InChI is InChI=1S/C15H9BrN2O3S/c16-13-6-5-12(22-13)7-10(8-17)14(19)18-11-3-1-9(2-4-11)15(20)21/h1-7H,(H,18,19)(H,20,21)/b10-7+. The zero-order chi connectivity index (χ0) is 16.1. The van der Waals surface area contributed by atoms with Crippen LogP contribution in [0.15, 0.2) is 45.8 Å². The summed E-state index contributed by atoms with van der Waals surface area (Å²) in [4.78, 5) is 23.6. The highest BCUT2D eigenvalue weighted by Crippen LogP contribution is 2.24. The van der Waals surface area contributed by atoms with Crippen molar-refractivity contribution in [2.45, 2.75) is 0 Å². The number of benzene rings is 1. The molecule has 0 bridgehead atoms. The Labute approximate surface area is 138 Å². The summed E-state index contributed by atoms with van der Waals surface area (Å²) in [6.45, 7) is 0. The number of amides is 1. The van der Waals surface area contributed by atoms with Crippen molar-refractivity contribution in [3.8, 4) is 6.07 Å². The van der Waals surface area contributed by atoms with E-state index in [0.29, 0.717) is 5.69 Å². The van der Waals surface area contributed by atoms with Crippen molar-refractivity contribution in [2.24, 2.45) is 0 Å². The van der Waals surface area contributed by atoms with Crippen LogP contribution in [0, 0.1) is 11.3 Å². The third kappa shape index (κ3) is 4.04. The molecule has 0 saturated carbocycles. The van der Waals surface area contributed by atoms with E-state index in [4.69, 9.17) is 10.4 Å². The SMILES string of the molecule is N#C/C(=C\c1ccc(Br)s1)C(=O)Nc1ccc(C(=O)O)cc1. The van der Waals surface area contributed by atoms with Crippen LogP contribution in [0.1, 0.15) is 15.2 Å². The van der Waals surface area contributed by atoms with Crippen LogP contribution in [0.25, 0.3) is 6.08 Å². The second kappa shape index (κ2) is 7.02. The van der Waals surface area contributed by atoms with Gasteiger partial charge in [0.25, 0.3) is 5.91 Å². The molecule has 0 aliphatic heterocycles. The number of carboxylic acids is 1. The molecule has 0 saturated heterocycles. The van der Waals surface area contributed by atoms with Crippen molar-refractivity contribution in [2.75, 3.05) is 5.32 Å². The number of anilines is 1. The van der Waals surface area contributed by atoms with E-state index in [-0.39, 0.29) is 11.1 Å². The number of thiophene rings is 1. The maximum Gasteiger partial charge on any atom is 0.335 e. The average Bonchev–Trinajstić information content (AvgIpc) is 2.90. The molecule has 1 amide bonds. The first-order chi connectivity index (χ1) is 10.5. The van der Waals surface area contributed by atoms with Gasteiger partial charge in [-0.15, -0.1) is 11.3 Å². The number of rotatable bonds is 4. The van der Waals surface area contributed by atoms with Gasteiger partial charge in [-0.25, -0.2) is 4.79 Å². The zero-order valence-electron chi connectivity index (χ0n) is 11.0. The summed E-state index contributed by atoms with van der Waals surface area (Å²) >= 11 is 4.72. The Morgan fingerprint density at radius 2 is 1.91 bits per heavy atom. The lowest BCUT2D eigenvalue weighted by Crippen LogP contribution is -2.13. The number of halogens is 1. The molecule has 1 heterocycles. The van der Waals surface area contributed by atoms with Gasteiger partial charge in [0, 0.05) is 10.6 Å². The van der Waals surface area contributed by atoms with Crippen LogP contribution >= 0.6 is 27.3 Å². The lowest BCUT2D eigenvalue weighted by Gasteiger charge is -2.04.